The van der Waals surface area contributed by atoms with E-state index in [4.69, 9.17) is 9.47 Å². The van der Waals surface area contributed by atoms with Gasteiger partial charge in [-0.2, -0.15) is 0 Å². The molecule has 2 aromatic rings. The van der Waals surface area contributed by atoms with Crippen molar-refractivity contribution in [3.05, 3.63) is 59.7 Å². The molecule has 1 aliphatic carbocycles. The van der Waals surface area contributed by atoms with E-state index in [9.17, 15) is 9.59 Å². The number of anilines is 1. The Morgan fingerprint density at radius 2 is 1.69 bits per heavy atom. The summed E-state index contributed by atoms with van der Waals surface area (Å²) in [6.45, 7) is 1.25. The van der Waals surface area contributed by atoms with Crippen LogP contribution in [-0.2, 0) is 14.9 Å². The standard InChI is InChI=1S/C23H28N2O4/c1-28-16-4-15-24-22(27)23(13-3-14-23)18-7-9-19(10-8-18)25-21(26)17-5-11-20(29-2)12-6-17/h5-12H,3-4,13-16H2,1-2H3,(H,24,27)(H,25,26). The second-order valence-electron chi connectivity index (χ2n) is 7.30. The van der Waals surface area contributed by atoms with Crippen LogP contribution in [0.2, 0.25) is 0 Å². The van der Waals surface area contributed by atoms with Crippen LogP contribution in [-0.4, -0.2) is 39.2 Å². The van der Waals surface area contributed by atoms with Crippen LogP contribution in [0.4, 0.5) is 5.69 Å². The van der Waals surface area contributed by atoms with Gasteiger partial charge in [-0.05, 0) is 61.2 Å². The first-order valence-electron chi connectivity index (χ1n) is 9.92. The van der Waals surface area contributed by atoms with E-state index in [0.29, 0.717) is 30.2 Å². The molecule has 154 valence electrons. The normalized spacial score (nSPS) is 14.6. The third-order valence-electron chi connectivity index (χ3n) is 5.50. The summed E-state index contributed by atoms with van der Waals surface area (Å²) in [5, 5.41) is 5.93. The second kappa shape index (κ2) is 9.56. The van der Waals surface area contributed by atoms with Crippen molar-refractivity contribution in [3.63, 3.8) is 0 Å². The van der Waals surface area contributed by atoms with Crippen molar-refractivity contribution in [3.8, 4) is 5.75 Å². The zero-order valence-electron chi connectivity index (χ0n) is 17.0. The number of nitrogens with one attached hydrogen (secondary N) is 2. The Kier molecular flexibility index (Phi) is 6.88. The fraction of sp³-hybridized carbons (Fsp3) is 0.391. The molecule has 0 radical (unpaired) electrons. The number of ether oxygens (including phenoxy) is 2. The maximum atomic E-state index is 12.8. The first-order chi connectivity index (χ1) is 14.1. The minimum absolute atomic E-state index is 0.0786. The van der Waals surface area contributed by atoms with Gasteiger partial charge >= 0.3 is 0 Å². The van der Waals surface area contributed by atoms with Crippen LogP contribution in [0, 0.1) is 0 Å². The van der Waals surface area contributed by atoms with Crippen LogP contribution in [0.1, 0.15) is 41.6 Å². The van der Waals surface area contributed by atoms with E-state index in [1.165, 1.54) is 0 Å². The highest BCUT2D eigenvalue weighted by molar-refractivity contribution is 6.04. The molecule has 0 aliphatic heterocycles. The smallest absolute Gasteiger partial charge is 0.255 e. The van der Waals surface area contributed by atoms with E-state index in [1.807, 2.05) is 24.3 Å². The fourth-order valence-corrected chi connectivity index (χ4v) is 3.58. The topological polar surface area (TPSA) is 76.7 Å². The SMILES string of the molecule is COCCCNC(=O)C1(c2ccc(NC(=O)c3ccc(OC)cc3)cc2)CCC1. The summed E-state index contributed by atoms with van der Waals surface area (Å²) in [6, 6.07) is 14.5. The van der Waals surface area contributed by atoms with Gasteiger partial charge in [0.2, 0.25) is 5.91 Å². The van der Waals surface area contributed by atoms with Crippen molar-refractivity contribution in [2.45, 2.75) is 31.1 Å². The molecule has 29 heavy (non-hydrogen) atoms. The van der Waals surface area contributed by atoms with Crippen LogP contribution in [0.3, 0.4) is 0 Å². The lowest BCUT2D eigenvalue weighted by atomic mass is 9.64. The average Bonchev–Trinajstić information content (AvgIpc) is 2.71. The van der Waals surface area contributed by atoms with E-state index in [2.05, 4.69) is 10.6 Å². The molecular weight excluding hydrogens is 368 g/mol. The Bertz CT molecular complexity index is 827. The first kappa shape index (κ1) is 20.9. The molecule has 0 unspecified atom stereocenters. The van der Waals surface area contributed by atoms with Crippen molar-refractivity contribution < 1.29 is 19.1 Å². The third-order valence-corrected chi connectivity index (χ3v) is 5.50. The van der Waals surface area contributed by atoms with Gasteiger partial charge in [0, 0.05) is 31.5 Å². The Morgan fingerprint density at radius 1 is 1.00 bits per heavy atom. The van der Waals surface area contributed by atoms with Gasteiger partial charge in [-0.15, -0.1) is 0 Å². The van der Waals surface area contributed by atoms with Crippen LogP contribution in [0.5, 0.6) is 5.75 Å². The number of carbonyl (C=O) groups excluding carboxylic acids is 2. The Balaban J connectivity index is 1.63. The molecule has 3 rings (SSSR count). The molecule has 6 heteroatoms. The van der Waals surface area contributed by atoms with Crippen molar-refractivity contribution in [2.24, 2.45) is 0 Å². The quantitative estimate of drug-likeness (QED) is 0.636. The lowest BCUT2D eigenvalue weighted by Crippen LogP contribution is -2.49. The average molecular weight is 396 g/mol. The molecule has 0 bridgehead atoms. The lowest BCUT2D eigenvalue weighted by Gasteiger charge is -2.40. The summed E-state index contributed by atoms with van der Waals surface area (Å²) < 4.78 is 10.1. The van der Waals surface area contributed by atoms with Gasteiger partial charge in [-0.3, -0.25) is 9.59 Å². The first-order valence-corrected chi connectivity index (χ1v) is 9.92. The molecule has 0 spiro atoms. The number of rotatable bonds is 9. The number of hydrogen-bond acceptors (Lipinski definition) is 4. The minimum Gasteiger partial charge on any atom is -0.497 e. The summed E-state index contributed by atoms with van der Waals surface area (Å²) >= 11 is 0. The molecule has 1 fully saturated rings. The summed E-state index contributed by atoms with van der Waals surface area (Å²) in [4.78, 5) is 25.2. The summed E-state index contributed by atoms with van der Waals surface area (Å²) in [6.07, 6.45) is 3.54. The molecule has 0 heterocycles. The zero-order chi connectivity index (χ0) is 20.7. The second-order valence-corrected chi connectivity index (χ2v) is 7.30. The minimum atomic E-state index is -0.453. The number of amides is 2. The van der Waals surface area contributed by atoms with Crippen molar-refractivity contribution in [1.29, 1.82) is 0 Å². The van der Waals surface area contributed by atoms with Gasteiger partial charge in [-0.1, -0.05) is 18.6 Å². The predicted octanol–water partition coefficient (Wildman–Crippen LogP) is 3.52. The third kappa shape index (κ3) is 4.77. The maximum Gasteiger partial charge on any atom is 0.255 e. The molecule has 0 saturated heterocycles. The number of hydrogen-bond donors (Lipinski definition) is 2. The van der Waals surface area contributed by atoms with Crippen molar-refractivity contribution >= 4 is 17.5 Å². The Hall–Kier alpha value is -2.86. The van der Waals surface area contributed by atoms with E-state index in [-0.39, 0.29) is 11.8 Å². The van der Waals surface area contributed by atoms with Crippen LogP contribution >= 0.6 is 0 Å². The van der Waals surface area contributed by atoms with Gasteiger partial charge < -0.3 is 20.1 Å². The lowest BCUT2D eigenvalue weighted by molar-refractivity contribution is -0.129. The van der Waals surface area contributed by atoms with Crippen LogP contribution in [0.25, 0.3) is 0 Å². The largest absolute Gasteiger partial charge is 0.497 e. The van der Waals surface area contributed by atoms with E-state index in [1.54, 1.807) is 38.5 Å². The molecule has 6 nitrogen and oxygen atoms in total. The molecule has 1 aliphatic rings. The molecule has 0 aromatic heterocycles. The highest BCUT2D eigenvalue weighted by Gasteiger charge is 2.45. The maximum absolute atomic E-state index is 12.8. The van der Waals surface area contributed by atoms with E-state index >= 15 is 0 Å². The Morgan fingerprint density at radius 3 is 2.24 bits per heavy atom. The molecule has 1 saturated carbocycles. The number of carbonyl (C=O) groups is 2. The number of benzene rings is 2. The summed E-state index contributed by atoms with van der Waals surface area (Å²) in [7, 11) is 3.25. The van der Waals surface area contributed by atoms with Gasteiger partial charge in [-0.25, -0.2) is 0 Å². The molecule has 2 aromatic carbocycles. The summed E-state index contributed by atoms with van der Waals surface area (Å²) in [5.41, 5.74) is 1.80. The zero-order valence-corrected chi connectivity index (χ0v) is 17.0. The molecular formula is C23H28N2O4. The van der Waals surface area contributed by atoms with Crippen molar-refractivity contribution in [1.82, 2.24) is 5.32 Å². The molecule has 0 atom stereocenters. The Labute approximate surface area is 171 Å². The molecule has 2 N–H and O–H groups in total. The highest BCUT2D eigenvalue weighted by atomic mass is 16.5. The molecule has 2 amide bonds. The number of methoxy groups -OCH3 is 2. The van der Waals surface area contributed by atoms with Gasteiger partial charge in [0.1, 0.15) is 5.75 Å². The predicted molar refractivity (Wildman–Crippen MR) is 112 cm³/mol. The van der Waals surface area contributed by atoms with E-state index in [0.717, 1.165) is 31.2 Å². The van der Waals surface area contributed by atoms with Crippen molar-refractivity contribution in [2.75, 3.05) is 32.7 Å². The van der Waals surface area contributed by atoms with Crippen LogP contribution in [0.15, 0.2) is 48.5 Å². The monoisotopic (exact) mass is 396 g/mol. The summed E-state index contributed by atoms with van der Waals surface area (Å²) in [5.74, 6) is 0.599. The fourth-order valence-electron chi connectivity index (χ4n) is 3.58. The highest BCUT2D eigenvalue weighted by Crippen LogP contribution is 2.44. The van der Waals surface area contributed by atoms with Gasteiger partial charge in [0.05, 0.1) is 12.5 Å². The van der Waals surface area contributed by atoms with Crippen LogP contribution < -0.4 is 15.4 Å². The van der Waals surface area contributed by atoms with Gasteiger partial charge in [0.15, 0.2) is 0 Å². The van der Waals surface area contributed by atoms with Gasteiger partial charge in [0.25, 0.3) is 5.91 Å². The van der Waals surface area contributed by atoms with E-state index < -0.39 is 5.41 Å².